The number of phenolic OH excluding ortho intramolecular Hbond substituents is 1. The third kappa shape index (κ3) is 3.59. The van der Waals surface area contributed by atoms with E-state index >= 15 is 0 Å². The molecule has 1 aliphatic rings. The van der Waals surface area contributed by atoms with Crippen molar-refractivity contribution in [2.45, 2.75) is 78.7 Å². The van der Waals surface area contributed by atoms with Crippen LogP contribution < -0.4 is 5.32 Å². The van der Waals surface area contributed by atoms with Gasteiger partial charge in [0.15, 0.2) is 5.65 Å². The van der Waals surface area contributed by atoms with E-state index < -0.39 is 0 Å². The Morgan fingerprint density at radius 1 is 1.14 bits per heavy atom. The first-order chi connectivity index (χ1) is 14.0. The van der Waals surface area contributed by atoms with Gasteiger partial charge in [0.1, 0.15) is 11.6 Å². The quantitative estimate of drug-likeness (QED) is 0.550. The molecule has 0 atom stereocenters. The summed E-state index contributed by atoms with van der Waals surface area (Å²) in [4.78, 5) is 5.07. The standard InChI is InChI=1S/C24H32N4O/c1-5-8-17(9-6-2)25-23-20-10-7-11-21(20)26-24-22(16(4)27-28(23)24)19-13-12-18(29)14-15(19)3/h12-14,17,25,29H,5-11H2,1-4H3. The summed E-state index contributed by atoms with van der Waals surface area (Å²) < 4.78 is 2.04. The third-order valence-corrected chi connectivity index (χ3v) is 6.06. The lowest BCUT2D eigenvalue weighted by atomic mass is 10.0. The summed E-state index contributed by atoms with van der Waals surface area (Å²) in [7, 11) is 0. The number of nitrogens with one attached hydrogen (secondary N) is 1. The molecule has 0 saturated heterocycles. The van der Waals surface area contributed by atoms with E-state index in [2.05, 4.69) is 26.1 Å². The Bertz CT molecular complexity index is 1030. The number of aryl methyl sites for hydroxylation is 3. The first-order valence-electron chi connectivity index (χ1n) is 11.0. The van der Waals surface area contributed by atoms with Gasteiger partial charge in [0.05, 0.1) is 5.69 Å². The fraction of sp³-hybridized carbons (Fsp3) is 0.500. The predicted molar refractivity (Wildman–Crippen MR) is 119 cm³/mol. The number of benzene rings is 1. The topological polar surface area (TPSA) is 62.5 Å². The molecule has 1 aliphatic carbocycles. The number of phenols is 1. The molecule has 0 aliphatic heterocycles. The summed E-state index contributed by atoms with van der Waals surface area (Å²) in [6.45, 7) is 8.59. The van der Waals surface area contributed by atoms with E-state index in [1.54, 1.807) is 6.07 Å². The molecule has 0 fully saturated rings. The highest BCUT2D eigenvalue weighted by molar-refractivity contribution is 5.83. The van der Waals surface area contributed by atoms with Crippen LogP contribution in [0, 0.1) is 13.8 Å². The number of aromatic nitrogens is 3. The van der Waals surface area contributed by atoms with E-state index in [4.69, 9.17) is 10.1 Å². The molecule has 4 rings (SSSR count). The van der Waals surface area contributed by atoms with Crippen LogP contribution >= 0.6 is 0 Å². The molecule has 2 aromatic heterocycles. The van der Waals surface area contributed by atoms with Crippen LogP contribution in [0.3, 0.4) is 0 Å². The Balaban J connectivity index is 1.90. The van der Waals surface area contributed by atoms with Crippen LogP contribution in [0.15, 0.2) is 18.2 Å². The molecule has 5 heteroatoms. The summed E-state index contributed by atoms with van der Waals surface area (Å²) in [5.74, 6) is 1.43. The van der Waals surface area contributed by atoms with Gasteiger partial charge in [0, 0.05) is 22.9 Å². The summed E-state index contributed by atoms with van der Waals surface area (Å²) in [6.07, 6.45) is 7.92. The molecule has 0 bridgehead atoms. The van der Waals surface area contributed by atoms with Crippen molar-refractivity contribution in [3.63, 3.8) is 0 Å². The van der Waals surface area contributed by atoms with Gasteiger partial charge in [-0.3, -0.25) is 0 Å². The number of hydrogen-bond donors (Lipinski definition) is 2. The second-order valence-corrected chi connectivity index (χ2v) is 8.35. The summed E-state index contributed by atoms with van der Waals surface area (Å²) >= 11 is 0. The van der Waals surface area contributed by atoms with Gasteiger partial charge in [-0.1, -0.05) is 32.8 Å². The summed E-state index contributed by atoms with van der Waals surface area (Å²) in [5, 5.41) is 18.6. The number of hydrogen-bond acceptors (Lipinski definition) is 4. The lowest BCUT2D eigenvalue weighted by Crippen LogP contribution is -2.22. The largest absolute Gasteiger partial charge is 0.508 e. The highest BCUT2D eigenvalue weighted by Crippen LogP contribution is 2.36. The number of nitrogens with zero attached hydrogens (tertiary/aromatic N) is 3. The average molecular weight is 393 g/mol. The first-order valence-corrected chi connectivity index (χ1v) is 11.0. The van der Waals surface area contributed by atoms with E-state index in [0.29, 0.717) is 11.8 Å². The number of anilines is 1. The molecule has 0 spiro atoms. The molecule has 0 saturated carbocycles. The summed E-state index contributed by atoms with van der Waals surface area (Å²) in [5.41, 5.74) is 7.64. The van der Waals surface area contributed by atoms with Crippen molar-refractivity contribution in [2.24, 2.45) is 0 Å². The molecule has 2 N–H and O–H groups in total. The average Bonchev–Trinajstić information content (AvgIpc) is 3.26. The molecule has 29 heavy (non-hydrogen) atoms. The molecule has 5 nitrogen and oxygen atoms in total. The van der Waals surface area contributed by atoms with Crippen molar-refractivity contribution in [1.29, 1.82) is 0 Å². The van der Waals surface area contributed by atoms with Crippen LogP contribution in [-0.4, -0.2) is 25.7 Å². The van der Waals surface area contributed by atoms with Gasteiger partial charge >= 0.3 is 0 Å². The van der Waals surface area contributed by atoms with Gasteiger partial charge in [-0.25, -0.2) is 4.98 Å². The number of fused-ring (bicyclic) bond motifs is 2. The van der Waals surface area contributed by atoms with Crippen LogP contribution in [0.5, 0.6) is 5.75 Å². The van der Waals surface area contributed by atoms with E-state index in [-0.39, 0.29) is 0 Å². The smallest absolute Gasteiger partial charge is 0.165 e. The zero-order valence-corrected chi connectivity index (χ0v) is 18.0. The molecule has 0 radical (unpaired) electrons. The lowest BCUT2D eigenvalue weighted by Gasteiger charge is -2.21. The lowest BCUT2D eigenvalue weighted by molar-refractivity contribution is 0.475. The Morgan fingerprint density at radius 3 is 2.59 bits per heavy atom. The predicted octanol–water partition coefficient (Wildman–Crippen LogP) is 5.59. The van der Waals surface area contributed by atoms with Gasteiger partial charge in [-0.2, -0.15) is 9.61 Å². The minimum Gasteiger partial charge on any atom is -0.508 e. The maximum atomic E-state index is 9.84. The van der Waals surface area contributed by atoms with Crippen LogP contribution in [-0.2, 0) is 12.8 Å². The van der Waals surface area contributed by atoms with Crippen LogP contribution in [0.2, 0.25) is 0 Å². The molecule has 0 unspecified atom stereocenters. The Morgan fingerprint density at radius 2 is 1.90 bits per heavy atom. The second-order valence-electron chi connectivity index (χ2n) is 8.35. The Labute approximate surface area is 173 Å². The second kappa shape index (κ2) is 8.05. The maximum absolute atomic E-state index is 9.84. The first kappa shape index (κ1) is 19.7. The zero-order valence-electron chi connectivity index (χ0n) is 18.0. The van der Waals surface area contributed by atoms with Gasteiger partial charge in [0.25, 0.3) is 0 Å². The number of aromatic hydroxyl groups is 1. The molecular formula is C24H32N4O. The summed E-state index contributed by atoms with van der Waals surface area (Å²) in [6, 6.07) is 6.00. The molecule has 2 heterocycles. The number of rotatable bonds is 7. The van der Waals surface area contributed by atoms with Gasteiger partial charge in [0.2, 0.25) is 0 Å². The minimum absolute atomic E-state index is 0.290. The molecule has 1 aromatic carbocycles. The molecular weight excluding hydrogens is 360 g/mol. The SMILES string of the molecule is CCCC(CCC)Nc1c2c(nc3c(-c4ccc(O)cc4C)c(C)nn13)CCC2. The van der Waals surface area contributed by atoms with Crippen molar-refractivity contribution in [3.8, 4) is 16.9 Å². The van der Waals surface area contributed by atoms with Gasteiger partial charge in [-0.05, 0) is 69.2 Å². The molecule has 154 valence electrons. The van der Waals surface area contributed by atoms with Crippen LogP contribution in [0.1, 0.15) is 68.5 Å². The molecule has 0 amide bonds. The van der Waals surface area contributed by atoms with Crippen LogP contribution in [0.25, 0.3) is 16.8 Å². The zero-order chi connectivity index (χ0) is 20.5. The maximum Gasteiger partial charge on any atom is 0.165 e. The Hall–Kier alpha value is -2.56. The van der Waals surface area contributed by atoms with Gasteiger partial charge < -0.3 is 10.4 Å². The monoisotopic (exact) mass is 392 g/mol. The normalized spacial score (nSPS) is 13.4. The fourth-order valence-corrected chi connectivity index (χ4v) is 4.71. The van der Waals surface area contributed by atoms with E-state index in [0.717, 1.165) is 66.0 Å². The van der Waals surface area contributed by atoms with Crippen molar-refractivity contribution >= 4 is 11.5 Å². The van der Waals surface area contributed by atoms with E-state index in [1.165, 1.54) is 24.1 Å². The van der Waals surface area contributed by atoms with Crippen LogP contribution in [0.4, 0.5) is 5.82 Å². The Kier molecular flexibility index (Phi) is 5.48. The minimum atomic E-state index is 0.290. The van der Waals surface area contributed by atoms with Crippen molar-refractivity contribution < 1.29 is 5.11 Å². The van der Waals surface area contributed by atoms with Crippen molar-refractivity contribution in [3.05, 3.63) is 40.7 Å². The van der Waals surface area contributed by atoms with E-state index in [9.17, 15) is 5.11 Å². The van der Waals surface area contributed by atoms with Gasteiger partial charge in [-0.15, -0.1) is 0 Å². The van der Waals surface area contributed by atoms with E-state index in [1.807, 2.05) is 23.6 Å². The highest BCUT2D eigenvalue weighted by Gasteiger charge is 2.25. The highest BCUT2D eigenvalue weighted by atomic mass is 16.3. The fourth-order valence-electron chi connectivity index (χ4n) is 4.71. The molecule has 3 aromatic rings. The third-order valence-electron chi connectivity index (χ3n) is 6.06. The van der Waals surface area contributed by atoms with Crippen molar-refractivity contribution in [2.75, 3.05) is 5.32 Å². The van der Waals surface area contributed by atoms with Crippen molar-refractivity contribution in [1.82, 2.24) is 14.6 Å².